The fraction of sp³-hybridized carbons (Fsp3) is 0.500. The van der Waals surface area contributed by atoms with Crippen LogP contribution in [0.1, 0.15) is 45.1 Å². The lowest BCUT2D eigenvalue weighted by Crippen LogP contribution is -2.40. The molecule has 1 aliphatic carbocycles. The summed E-state index contributed by atoms with van der Waals surface area (Å²) in [6.07, 6.45) is 5.88. The first-order chi connectivity index (χ1) is 10.6. The minimum Gasteiger partial charge on any atom is -0.361 e. The van der Waals surface area contributed by atoms with Gasteiger partial charge in [-0.25, -0.2) is 0 Å². The average Bonchev–Trinajstić information content (AvgIpc) is 3.20. The van der Waals surface area contributed by atoms with E-state index in [1.807, 2.05) is 29.3 Å². The molecule has 3 rings (SSSR count). The van der Waals surface area contributed by atoms with Gasteiger partial charge in [0, 0.05) is 35.2 Å². The van der Waals surface area contributed by atoms with Crippen LogP contribution in [-0.2, 0) is 10.2 Å². The van der Waals surface area contributed by atoms with Crippen molar-refractivity contribution < 1.29 is 4.79 Å². The van der Waals surface area contributed by atoms with Crippen molar-refractivity contribution in [2.75, 3.05) is 13.1 Å². The molecule has 22 heavy (non-hydrogen) atoms. The Kier molecular flexibility index (Phi) is 4.18. The molecule has 1 saturated carbocycles. The number of carbonyl (C=O) groups is 1. The maximum Gasteiger partial charge on any atom is 0.233 e. The van der Waals surface area contributed by atoms with Crippen LogP contribution in [-0.4, -0.2) is 28.9 Å². The first-order valence-electron chi connectivity index (χ1n) is 8.19. The molecule has 2 aromatic rings. The lowest BCUT2D eigenvalue weighted by molar-refractivity contribution is -0.134. The Bertz CT molecular complexity index is 681. The number of benzene rings is 1. The topological polar surface area (TPSA) is 36.1 Å². The zero-order valence-electron chi connectivity index (χ0n) is 13.3. The molecular formula is C18H23ClN2O. The molecule has 1 aromatic carbocycles. The van der Waals surface area contributed by atoms with Gasteiger partial charge >= 0.3 is 0 Å². The van der Waals surface area contributed by atoms with Crippen LogP contribution >= 0.6 is 11.6 Å². The lowest BCUT2D eigenvalue weighted by Gasteiger charge is -2.26. The van der Waals surface area contributed by atoms with E-state index in [2.05, 4.69) is 18.8 Å². The summed E-state index contributed by atoms with van der Waals surface area (Å²) in [5, 5.41) is 1.81. The third kappa shape index (κ3) is 2.52. The number of nitrogens with zero attached hydrogens (tertiary/aromatic N) is 1. The monoisotopic (exact) mass is 318 g/mol. The highest BCUT2D eigenvalue weighted by Gasteiger charge is 2.53. The van der Waals surface area contributed by atoms with Crippen molar-refractivity contribution in [3.63, 3.8) is 0 Å². The summed E-state index contributed by atoms with van der Waals surface area (Å²) < 4.78 is 0. The van der Waals surface area contributed by atoms with Crippen LogP contribution in [0.25, 0.3) is 10.9 Å². The van der Waals surface area contributed by atoms with Crippen molar-refractivity contribution in [1.29, 1.82) is 0 Å². The molecule has 1 N–H and O–H groups in total. The van der Waals surface area contributed by atoms with Crippen LogP contribution in [0, 0.1) is 0 Å². The van der Waals surface area contributed by atoms with E-state index in [0.717, 1.165) is 60.3 Å². The van der Waals surface area contributed by atoms with Gasteiger partial charge in [-0.3, -0.25) is 4.79 Å². The van der Waals surface area contributed by atoms with Crippen molar-refractivity contribution in [2.24, 2.45) is 0 Å². The van der Waals surface area contributed by atoms with Crippen molar-refractivity contribution >= 4 is 28.4 Å². The molecular weight excluding hydrogens is 296 g/mol. The summed E-state index contributed by atoms with van der Waals surface area (Å²) in [4.78, 5) is 18.4. The SMILES string of the molecule is CCCN(CCC)C(=O)C1(c2c[nH]c3ccc(Cl)cc23)CC1. The fourth-order valence-electron chi connectivity index (χ4n) is 3.37. The standard InChI is InChI=1S/C18H23ClN2O/c1-3-9-21(10-4-2)17(22)18(7-8-18)15-12-20-16-6-5-13(19)11-14(15)16/h5-6,11-12,20H,3-4,7-10H2,1-2H3. The molecule has 1 amide bonds. The summed E-state index contributed by atoms with van der Waals surface area (Å²) in [5.41, 5.74) is 1.84. The zero-order chi connectivity index (χ0) is 15.7. The summed E-state index contributed by atoms with van der Waals surface area (Å²) in [6, 6.07) is 5.84. The summed E-state index contributed by atoms with van der Waals surface area (Å²) in [6.45, 7) is 5.94. The number of halogens is 1. The molecule has 1 heterocycles. The normalized spacial score (nSPS) is 16.0. The van der Waals surface area contributed by atoms with Gasteiger partial charge < -0.3 is 9.88 Å². The second-order valence-electron chi connectivity index (χ2n) is 6.27. The highest BCUT2D eigenvalue weighted by Crippen LogP contribution is 2.52. The van der Waals surface area contributed by atoms with Gasteiger partial charge in [0.2, 0.25) is 5.91 Å². The summed E-state index contributed by atoms with van der Waals surface area (Å²) >= 11 is 6.15. The van der Waals surface area contributed by atoms with Gasteiger partial charge in [0.05, 0.1) is 5.41 Å². The van der Waals surface area contributed by atoms with Crippen molar-refractivity contribution in [1.82, 2.24) is 9.88 Å². The van der Waals surface area contributed by atoms with Gasteiger partial charge in [-0.2, -0.15) is 0 Å². The predicted octanol–water partition coefficient (Wildman–Crippen LogP) is 4.50. The first kappa shape index (κ1) is 15.4. The van der Waals surface area contributed by atoms with Crippen LogP contribution in [0.3, 0.4) is 0 Å². The van der Waals surface area contributed by atoms with E-state index in [1.165, 1.54) is 0 Å². The second-order valence-corrected chi connectivity index (χ2v) is 6.70. The van der Waals surface area contributed by atoms with Crippen molar-refractivity contribution in [3.05, 3.63) is 35.0 Å². The number of hydrogen-bond acceptors (Lipinski definition) is 1. The largest absolute Gasteiger partial charge is 0.361 e. The third-order valence-corrected chi connectivity index (χ3v) is 4.83. The van der Waals surface area contributed by atoms with E-state index in [9.17, 15) is 4.79 Å². The van der Waals surface area contributed by atoms with Crippen molar-refractivity contribution in [3.8, 4) is 0 Å². The Morgan fingerprint density at radius 1 is 1.27 bits per heavy atom. The van der Waals surface area contributed by atoms with Crippen LogP contribution < -0.4 is 0 Å². The van der Waals surface area contributed by atoms with Gasteiger partial charge in [0.15, 0.2) is 0 Å². The highest BCUT2D eigenvalue weighted by atomic mass is 35.5. The van der Waals surface area contributed by atoms with Gasteiger partial charge in [-0.15, -0.1) is 0 Å². The number of fused-ring (bicyclic) bond motifs is 1. The quantitative estimate of drug-likeness (QED) is 0.836. The molecule has 0 aliphatic heterocycles. The molecule has 0 bridgehead atoms. The minimum absolute atomic E-state index is 0.289. The van der Waals surface area contributed by atoms with E-state index in [4.69, 9.17) is 11.6 Å². The number of carbonyl (C=O) groups excluding carboxylic acids is 1. The number of aromatic amines is 1. The smallest absolute Gasteiger partial charge is 0.233 e. The molecule has 1 aromatic heterocycles. The first-order valence-corrected chi connectivity index (χ1v) is 8.56. The van der Waals surface area contributed by atoms with Gasteiger partial charge in [-0.05, 0) is 49.4 Å². The number of H-pyrrole nitrogens is 1. The van der Waals surface area contributed by atoms with Gasteiger partial charge in [0.1, 0.15) is 0 Å². The van der Waals surface area contributed by atoms with E-state index in [-0.39, 0.29) is 11.3 Å². The van der Waals surface area contributed by atoms with E-state index in [1.54, 1.807) is 0 Å². The Hall–Kier alpha value is -1.48. The number of hydrogen-bond donors (Lipinski definition) is 1. The molecule has 3 nitrogen and oxygen atoms in total. The van der Waals surface area contributed by atoms with Crippen LogP contribution in [0.4, 0.5) is 0 Å². The Morgan fingerprint density at radius 3 is 2.55 bits per heavy atom. The fourth-order valence-corrected chi connectivity index (χ4v) is 3.54. The predicted molar refractivity (Wildman–Crippen MR) is 91.4 cm³/mol. The third-order valence-electron chi connectivity index (χ3n) is 4.59. The number of aromatic nitrogens is 1. The minimum atomic E-state index is -0.326. The van der Waals surface area contributed by atoms with E-state index in [0.29, 0.717) is 0 Å². The van der Waals surface area contributed by atoms with Gasteiger partial charge in [0.25, 0.3) is 0 Å². The Morgan fingerprint density at radius 2 is 1.95 bits per heavy atom. The highest BCUT2D eigenvalue weighted by molar-refractivity contribution is 6.31. The van der Waals surface area contributed by atoms with Crippen molar-refractivity contribution in [2.45, 2.75) is 44.9 Å². The Balaban J connectivity index is 1.98. The summed E-state index contributed by atoms with van der Waals surface area (Å²) in [7, 11) is 0. The Labute approximate surface area is 136 Å². The molecule has 0 radical (unpaired) electrons. The number of amides is 1. The van der Waals surface area contributed by atoms with Crippen LogP contribution in [0.2, 0.25) is 5.02 Å². The molecule has 0 atom stereocenters. The maximum atomic E-state index is 13.1. The molecule has 1 aliphatic rings. The van der Waals surface area contributed by atoms with Crippen LogP contribution in [0.5, 0.6) is 0 Å². The molecule has 0 unspecified atom stereocenters. The molecule has 0 spiro atoms. The molecule has 1 fully saturated rings. The summed E-state index contributed by atoms with van der Waals surface area (Å²) in [5.74, 6) is 0.289. The van der Waals surface area contributed by atoms with E-state index >= 15 is 0 Å². The molecule has 118 valence electrons. The zero-order valence-corrected chi connectivity index (χ0v) is 14.0. The average molecular weight is 319 g/mol. The second kappa shape index (κ2) is 5.96. The maximum absolute atomic E-state index is 13.1. The molecule has 0 saturated heterocycles. The number of nitrogens with one attached hydrogen (secondary N) is 1. The lowest BCUT2D eigenvalue weighted by atomic mass is 9.93. The molecule has 4 heteroatoms. The number of rotatable bonds is 6. The van der Waals surface area contributed by atoms with Crippen LogP contribution in [0.15, 0.2) is 24.4 Å². The van der Waals surface area contributed by atoms with E-state index < -0.39 is 0 Å². The van der Waals surface area contributed by atoms with Gasteiger partial charge in [-0.1, -0.05) is 25.4 Å².